The summed E-state index contributed by atoms with van der Waals surface area (Å²) in [5.41, 5.74) is 2.44. The minimum absolute atomic E-state index is 0.207. The average molecular weight is 274 g/mol. The van der Waals surface area contributed by atoms with Gasteiger partial charge in [-0.25, -0.2) is 0 Å². The number of nitrogens with zero attached hydrogens (tertiary/aromatic N) is 1. The highest BCUT2D eigenvalue weighted by molar-refractivity contribution is 5.55. The fraction of sp³-hybridized carbons (Fsp3) is 0.647. The van der Waals surface area contributed by atoms with E-state index < -0.39 is 0 Å². The topological polar surface area (TPSA) is 35.5 Å². The Balaban J connectivity index is 1.61. The highest BCUT2D eigenvalue weighted by Crippen LogP contribution is 2.45. The van der Waals surface area contributed by atoms with Crippen LogP contribution in [0.5, 0.6) is 0 Å². The van der Waals surface area contributed by atoms with E-state index >= 15 is 0 Å². The molecule has 2 bridgehead atoms. The van der Waals surface area contributed by atoms with Gasteiger partial charge in [0.15, 0.2) is 0 Å². The largest absolute Gasteiger partial charge is 0.395 e. The van der Waals surface area contributed by atoms with Gasteiger partial charge < -0.3 is 15.3 Å². The molecule has 1 aromatic carbocycles. The molecule has 0 aromatic heterocycles. The summed E-state index contributed by atoms with van der Waals surface area (Å²) in [7, 11) is 0. The second-order valence-electron chi connectivity index (χ2n) is 6.28. The minimum atomic E-state index is 0.207. The molecule has 0 amide bonds. The van der Waals surface area contributed by atoms with Crippen LogP contribution in [0.1, 0.15) is 32.6 Å². The molecule has 0 saturated heterocycles. The van der Waals surface area contributed by atoms with Crippen LogP contribution in [0.15, 0.2) is 24.3 Å². The molecule has 0 heterocycles. The van der Waals surface area contributed by atoms with Crippen LogP contribution in [0, 0.1) is 11.8 Å². The molecular weight excluding hydrogens is 248 g/mol. The van der Waals surface area contributed by atoms with Crippen LogP contribution >= 0.6 is 0 Å². The Morgan fingerprint density at radius 1 is 1.20 bits per heavy atom. The zero-order valence-electron chi connectivity index (χ0n) is 12.4. The van der Waals surface area contributed by atoms with Gasteiger partial charge >= 0.3 is 0 Å². The first-order valence-corrected chi connectivity index (χ1v) is 8.02. The van der Waals surface area contributed by atoms with E-state index in [1.54, 1.807) is 0 Å². The Morgan fingerprint density at radius 3 is 2.55 bits per heavy atom. The lowest BCUT2D eigenvalue weighted by molar-refractivity contribution is 0.302. The lowest BCUT2D eigenvalue weighted by Crippen LogP contribution is -2.27. The summed E-state index contributed by atoms with van der Waals surface area (Å²) in [6.45, 7) is 3.96. The van der Waals surface area contributed by atoms with Crippen LogP contribution in [0.2, 0.25) is 0 Å². The molecule has 3 rings (SSSR count). The van der Waals surface area contributed by atoms with Crippen molar-refractivity contribution in [3.63, 3.8) is 0 Å². The summed E-state index contributed by atoms with van der Waals surface area (Å²) >= 11 is 0. The zero-order valence-corrected chi connectivity index (χ0v) is 12.4. The Labute approximate surface area is 122 Å². The maximum atomic E-state index is 9.08. The van der Waals surface area contributed by atoms with Crippen molar-refractivity contribution in [2.75, 3.05) is 29.9 Å². The van der Waals surface area contributed by atoms with E-state index in [0.29, 0.717) is 12.6 Å². The van der Waals surface area contributed by atoms with Gasteiger partial charge in [-0.15, -0.1) is 0 Å². The van der Waals surface area contributed by atoms with E-state index in [0.717, 1.165) is 18.4 Å². The fourth-order valence-corrected chi connectivity index (χ4v) is 3.99. The summed E-state index contributed by atoms with van der Waals surface area (Å²) in [6, 6.07) is 9.38. The van der Waals surface area contributed by atoms with E-state index in [1.807, 2.05) is 0 Å². The molecule has 3 atom stereocenters. The van der Waals surface area contributed by atoms with Gasteiger partial charge in [0, 0.05) is 30.5 Å². The highest BCUT2D eigenvalue weighted by atomic mass is 16.3. The fourth-order valence-electron chi connectivity index (χ4n) is 3.99. The molecule has 2 N–H and O–H groups in total. The molecule has 20 heavy (non-hydrogen) atoms. The number of hydrogen-bond acceptors (Lipinski definition) is 3. The molecular formula is C17H26N2O. The average Bonchev–Trinajstić information content (AvgIpc) is 3.08. The second-order valence-corrected chi connectivity index (χ2v) is 6.28. The lowest BCUT2D eigenvalue weighted by Gasteiger charge is -2.25. The number of nitrogens with one attached hydrogen (secondary N) is 1. The number of aliphatic hydroxyl groups excluding tert-OH is 1. The molecule has 3 heteroatoms. The number of rotatable bonds is 6. The number of fused-ring (bicyclic) bond motifs is 2. The van der Waals surface area contributed by atoms with Gasteiger partial charge in [-0.2, -0.15) is 0 Å². The lowest BCUT2D eigenvalue weighted by atomic mass is 9.95. The molecule has 1 aromatic rings. The number of benzene rings is 1. The van der Waals surface area contributed by atoms with Gasteiger partial charge in [-0.1, -0.05) is 6.42 Å². The number of likely N-dealkylation sites (N-methyl/N-ethyl adjacent to an activating group) is 1. The molecule has 2 saturated carbocycles. The van der Waals surface area contributed by atoms with E-state index in [-0.39, 0.29) is 6.61 Å². The molecule has 2 aliphatic carbocycles. The van der Waals surface area contributed by atoms with Crippen molar-refractivity contribution in [1.29, 1.82) is 0 Å². The van der Waals surface area contributed by atoms with Crippen LogP contribution in [-0.2, 0) is 0 Å². The molecule has 0 aliphatic heterocycles. The molecule has 2 fully saturated rings. The van der Waals surface area contributed by atoms with Crippen molar-refractivity contribution in [3.8, 4) is 0 Å². The number of anilines is 2. The van der Waals surface area contributed by atoms with E-state index in [4.69, 9.17) is 5.11 Å². The smallest absolute Gasteiger partial charge is 0.0606 e. The summed E-state index contributed by atoms with van der Waals surface area (Å²) in [6.07, 6.45) is 5.67. The van der Waals surface area contributed by atoms with Crippen LogP contribution in [0.25, 0.3) is 0 Å². The summed E-state index contributed by atoms with van der Waals surface area (Å²) in [5, 5.41) is 12.8. The predicted molar refractivity (Wildman–Crippen MR) is 84.3 cm³/mol. The molecule has 2 aliphatic rings. The van der Waals surface area contributed by atoms with Crippen molar-refractivity contribution in [2.24, 2.45) is 11.8 Å². The van der Waals surface area contributed by atoms with Crippen molar-refractivity contribution < 1.29 is 5.11 Å². The van der Waals surface area contributed by atoms with Crippen molar-refractivity contribution in [2.45, 2.75) is 38.6 Å². The van der Waals surface area contributed by atoms with Crippen molar-refractivity contribution in [3.05, 3.63) is 24.3 Å². The minimum Gasteiger partial charge on any atom is -0.395 e. The molecule has 3 nitrogen and oxygen atoms in total. The first kappa shape index (κ1) is 13.7. The monoisotopic (exact) mass is 274 g/mol. The standard InChI is InChI=1S/C17H26N2O/c1-2-19(9-10-20)16-7-5-15(6-8-16)18-17-12-13-3-4-14(17)11-13/h5-8,13-14,17-18,20H,2-4,9-12H2,1H3. The number of hydrogen-bond donors (Lipinski definition) is 2. The van der Waals surface area contributed by atoms with Gasteiger partial charge in [-0.05, 0) is 62.3 Å². The first-order chi connectivity index (χ1) is 9.80. The summed E-state index contributed by atoms with van der Waals surface area (Å²) < 4.78 is 0. The van der Waals surface area contributed by atoms with Crippen LogP contribution in [0.3, 0.4) is 0 Å². The molecule has 0 radical (unpaired) electrons. The Bertz CT molecular complexity index is 431. The maximum Gasteiger partial charge on any atom is 0.0606 e. The van der Waals surface area contributed by atoms with Gasteiger partial charge in [0.05, 0.1) is 6.61 Å². The van der Waals surface area contributed by atoms with Gasteiger partial charge in [0.25, 0.3) is 0 Å². The molecule has 0 spiro atoms. The van der Waals surface area contributed by atoms with E-state index in [9.17, 15) is 0 Å². The van der Waals surface area contributed by atoms with Gasteiger partial charge in [-0.3, -0.25) is 0 Å². The van der Waals surface area contributed by atoms with Gasteiger partial charge in [0.1, 0.15) is 0 Å². The SMILES string of the molecule is CCN(CCO)c1ccc(NC2CC3CCC2C3)cc1. The zero-order chi connectivity index (χ0) is 13.9. The van der Waals surface area contributed by atoms with Crippen LogP contribution in [0.4, 0.5) is 11.4 Å². The second kappa shape index (κ2) is 6.04. The Hall–Kier alpha value is -1.22. The normalized spacial score (nSPS) is 27.8. The van der Waals surface area contributed by atoms with E-state index in [1.165, 1.54) is 37.1 Å². The third-order valence-corrected chi connectivity index (χ3v) is 5.07. The Morgan fingerprint density at radius 2 is 2.00 bits per heavy atom. The summed E-state index contributed by atoms with van der Waals surface area (Å²) in [5.74, 6) is 1.89. The van der Waals surface area contributed by atoms with Crippen LogP contribution < -0.4 is 10.2 Å². The predicted octanol–water partition coefficient (Wildman–Crippen LogP) is 3.11. The number of aliphatic hydroxyl groups is 1. The Kier molecular flexibility index (Phi) is 4.16. The van der Waals surface area contributed by atoms with Crippen molar-refractivity contribution >= 4 is 11.4 Å². The van der Waals surface area contributed by atoms with Gasteiger partial charge in [0.2, 0.25) is 0 Å². The van der Waals surface area contributed by atoms with Crippen molar-refractivity contribution in [1.82, 2.24) is 0 Å². The van der Waals surface area contributed by atoms with Crippen LogP contribution in [-0.4, -0.2) is 30.8 Å². The third kappa shape index (κ3) is 2.78. The van der Waals surface area contributed by atoms with E-state index in [2.05, 4.69) is 41.4 Å². The molecule has 3 unspecified atom stereocenters. The summed E-state index contributed by atoms with van der Waals surface area (Å²) in [4.78, 5) is 2.20. The highest BCUT2D eigenvalue weighted by Gasteiger charge is 2.39. The third-order valence-electron chi connectivity index (χ3n) is 5.07. The molecule has 110 valence electrons. The maximum absolute atomic E-state index is 9.08. The quantitative estimate of drug-likeness (QED) is 0.836. The first-order valence-electron chi connectivity index (χ1n) is 8.02.